The predicted molar refractivity (Wildman–Crippen MR) is 86.3 cm³/mol. The van der Waals surface area contributed by atoms with E-state index in [0.29, 0.717) is 18.7 Å². The van der Waals surface area contributed by atoms with Gasteiger partial charge in [-0.15, -0.1) is 0 Å². The highest BCUT2D eigenvalue weighted by Gasteiger charge is 2.32. The van der Waals surface area contributed by atoms with Gasteiger partial charge in [-0.1, -0.05) is 13.0 Å². The molecule has 3 rings (SSSR count). The number of piperidine rings is 1. The second-order valence-corrected chi connectivity index (χ2v) is 6.30. The first kappa shape index (κ1) is 15.3. The van der Waals surface area contributed by atoms with Crippen molar-refractivity contribution in [3.05, 3.63) is 23.9 Å². The molecular weight excluding hydrogens is 296 g/mol. The van der Waals surface area contributed by atoms with Crippen LogP contribution in [-0.2, 0) is 4.79 Å². The number of carboxylic acids is 1. The fourth-order valence-electron chi connectivity index (χ4n) is 3.17. The van der Waals surface area contributed by atoms with Gasteiger partial charge in [0.15, 0.2) is 0 Å². The number of carboxylic acid groups (broad SMARTS) is 1. The van der Waals surface area contributed by atoms with Crippen LogP contribution in [0.2, 0.25) is 0 Å². The number of hydrogen-bond donors (Lipinski definition) is 3. The van der Waals surface area contributed by atoms with Gasteiger partial charge in [-0.3, -0.25) is 9.89 Å². The van der Waals surface area contributed by atoms with Gasteiger partial charge in [0, 0.05) is 18.5 Å². The lowest BCUT2D eigenvalue weighted by Crippen LogP contribution is -2.47. The van der Waals surface area contributed by atoms with E-state index in [4.69, 9.17) is 0 Å². The first-order valence-electron chi connectivity index (χ1n) is 7.67. The number of benzene rings is 1. The molecular formula is C16H20N4O3. The zero-order chi connectivity index (χ0) is 16.6. The first-order valence-corrected chi connectivity index (χ1v) is 7.67. The molecule has 0 spiro atoms. The Morgan fingerprint density at radius 2 is 2.17 bits per heavy atom. The van der Waals surface area contributed by atoms with Crippen molar-refractivity contribution < 1.29 is 14.7 Å². The summed E-state index contributed by atoms with van der Waals surface area (Å²) >= 11 is 0. The van der Waals surface area contributed by atoms with Crippen LogP contribution in [0.4, 0.5) is 10.5 Å². The Morgan fingerprint density at radius 3 is 2.91 bits per heavy atom. The summed E-state index contributed by atoms with van der Waals surface area (Å²) < 4.78 is 0. The summed E-state index contributed by atoms with van der Waals surface area (Å²) in [6.45, 7) is 4.75. The van der Waals surface area contributed by atoms with Crippen LogP contribution in [-0.4, -0.2) is 45.3 Å². The number of likely N-dealkylation sites (tertiary alicyclic amines) is 1. The Balaban J connectivity index is 1.79. The minimum Gasteiger partial charge on any atom is -0.481 e. The number of fused-ring (bicyclic) bond motifs is 1. The number of anilines is 1. The number of aromatic nitrogens is 2. The van der Waals surface area contributed by atoms with Gasteiger partial charge in [0.1, 0.15) is 0 Å². The molecule has 2 aromatic rings. The van der Waals surface area contributed by atoms with E-state index < -0.39 is 11.9 Å². The number of aryl methyl sites for hydroxylation is 1. The predicted octanol–water partition coefficient (Wildman–Crippen LogP) is 2.45. The van der Waals surface area contributed by atoms with E-state index in [1.54, 1.807) is 11.1 Å². The molecule has 0 radical (unpaired) electrons. The van der Waals surface area contributed by atoms with Gasteiger partial charge in [0.25, 0.3) is 0 Å². The van der Waals surface area contributed by atoms with E-state index in [0.717, 1.165) is 16.5 Å². The van der Waals surface area contributed by atoms with Crippen molar-refractivity contribution in [1.29, 1.82) is 0 Å². The molecule has 122 valence electrons. The van der Waals surface area contributed by atoms with Crippen LogP contribution in [0.15, 0.2) is 18.3 Å². The zero-order valence-corrected chi connectivity index (χ0v) is 13.2. The number of aromatic amines is 1. The molecule has 0 saturated carbocycles. The lowest BCUT2D eigenvalue weighted by Gasteiger charge is -2.34. The highest BCUT2D eigenvalue weighted by molar-refractivity contribution is 6.00. The minimum absolute atomic E-state index is 0.167. The molecule has 1 aromatic carbocycles. The van der Waals surface area contributed by atoms with E-state index in [9.17, 15) is 14.7 Å². The van der Waals surface area contributed by atoms with Gasteiger partial charge in [-0.25, -0.2) is 4.79 Å². The van der Waals surface area contributed by atoms with Crippen LogP contribution in [0.25, 0.3) is 10.9 Å². The van der Waals surface area contributed by atoms with Crippen LogP contribution in [0, 0.1) is 18.8 Å². The lowest BCUT2D eigenvalue weighted by molar-refractivity contribution is -0.143. The fraction of sp³-hybridized carbons (Fsp3) is 0.438. The lowest BCUT2D eigenvalue weighted by atomic mass is 9.91. The molecule has 7 heteroatoms. The number of hydrogen-bond acceptors (Lipinski definition) is 3. The molecule has 7 nitrogen and oxygen atoms in total. The van der Waals surface area contributed by atoms with Gasteiger partial charge >= 0.3 is 12.0 Å². The topological polar surface area (TPSA) is 98.3 Å². The number of amides is 2. The summed E-state index contributed by atoms with van der Waals surface area (Å²) in [5.41, 5.74) is 2.50. The van der Waals surface area contributed by atoms with E-state index in [1.165, 1.54) is 0 Å². The van der Waals surface area contributed by atoms with Gasteiger partial charge in [-0.2, -0.15) is 5.10 Å². The normalized spacial score (nSPS) is 21.4. The third kappa shape index (κ3) is 2.99. The van der Waals surface area contributed by atoms with Crippen LogP contribution >= 0.6 is 0 Å². The monoisotopic (exact) mass is 316 g/mol. The van der Waals surface area contributed by atoms with Crippen molar-refractivity contribution >= 4 is 28.6 Å². The van der Waals surface area contributed by atoms with Crippen molar-refractivity contribution in [3.63, 3.8) is 0 Å². The Morgan fingerprint density at radius 1 is 1.39 bits per heavy atom. The number of urea groups is 1. The number of rotatable bonds is 2. The third-order valence-corrected chi connectivity index (χ3v) is 4.37. The maximum Gasteiger partial charge on any atom is 0.321 e. The number of aliphatic carboxylic acids is 1. The highest BCUT2D eigenvalue weighted by atomic mass is 16.4. The molecule has 1 fully saturated rings. The van der Waals surface area contributed by atoms with E-state index >= 15 is 0 Å². The molecule has 0 aliphatic carbocycles. The van der Waals surface area contributed by atoms with E-state index in [1.807, 2.05) is 26.0 Å². The van der Waals surface area contributed by atoms with Crippen LogP contribution in [0.5, 0.6) is 0 Å². The summed E-state index contributed by atoms with van der Waals surface area (Å²) in [5, 5.41) is 20.0. The summed E-state index contributed by atoms with van der Waals surface area (Å²) in [6, 6.07) is 3.48. The molecule has 1 aliphatic rings. The van der Waals surface area contributed by atoms with Crippen molar-refractivity contribution in [1.82, 2.24) is 15.1 Å². The zero-order valence-electron chi connectivity index (χ0n) is 13.2. The molecule has 1 aliphatic heterocycles. The summed E-state index contributed by atoms with van der Waals surface area (Å²) in [6.07, 6.45) is 2.33. The maximum absolute atomic E-state index is 12.5. The third-order valence-electron chi connectivity index (χ3n) is 4.37. The molecule has 2 unspecified atom stereocenters. The van der Waals surface area contributed by atoms with Crippen molar-refractivity contribution in [2.24, 2.45) is 11.8 Å². The molecule has 1 saturated heterocycles. The van der Waals surface area contributed by atoms with Crippen molar-refractivity contribution in [3.8, 4) is 0 Å². The fourth-order valence-corrected chi connectivity index (χ4v) is 3.17. The molecule has 2 amide bonds. The standard InChI is InChI=1S/C16H20N4O3/c1-9-5-11(15(21)22)8-20(7-9)16(23)18-13-4-3-10(2)12-6-17-19-14(12)13/h3-4,6,9,11H,5,7-8H2,1-2H3,(H,17,19)(H,18,23)(H,21,22). The minimum atomic E-state index is -0.847. The largest absolute Gasteiger partial charge is 0.481 e. The summed E-state index contributed by atoms with van der Waals surface area (Å²) in [5.74, 6) is -1.18. The second-order valence-electron chi connectivity index (χ2n) is 6.30. The van der Waals surface area contributed by atoms with Crippen molar-refractivity contribution in [2.45, 2.75) is 20.3 Å². The second kappa shape index (κ2) is 5.91. The first-order chi connectivity index (χ1) is 11.0. The molecule has 0 bridgehead atoms. The van der Waals surface area contributed by atoms with Crippen molar-refractivity contribution in [2.75, 3.05) is 18.4 Å². The smallest absolute Gasteiger partial charge is 0.321 e. The highest BCUT2D eigenvalue weighted by Crippen LogP contribution is 2.26. The molecule has 23 heavy (non-hydrogen) atoms. The van der Waals surface area contributed by atoms with E-state index in [-0.39, 0.29) is 18.5 Å². The molecule has 2 atom stereocenters. The maximum atomic E-state index is 12.5. The average Bonchev–Trinajstić information content (AvgIpc) is 3.00. The number of nitrogens with zero attached hydrogens (tertiary/aromatic N) is 2. The number of carbonyl (C=O) groups excluding carboxylic acids is 1. The Hall–Kier alpha value is -2.57. The molecule has 1 aromatic heterocycles. The Kier molecular flexibility index (Phi) is 3.94. The summed E-state index contributed by atoms with van der Waals surface area (Å²) in [7, 11) is 0. The van der Waals surface area contributed by atoms with Crippen LogP contribution < -0.4 is 5.32 Å². The SMILES string of the molecule is Cc1ccc(NC(=O)N2CC(C)CC(C(=O)O)C2)c2[nH]ncc12. The van der Waals surface area contributed by atoms with Gasteiger partial charge < -0.3 is 15.3 Å². The number of nitrogens with one attached hydrogen (secondary N) is 2. The summed E-state index contributed by atoms with van der Waals surface area (Å²) in [4.78, 5) is 25.3. The molecule has 3 N–H and O–H groups in total. The quantitative estimate of drug-likeness (QED) is 0.792. The van der Waals surface area contributed by atoms with Crippen LogP contribution in [0.1, 0.15) is 18.9 Å². The van der Waals surface area contributed by atoms with E-state index in [2.05, 4.69) is 15.5 Å². The van der Waals surface area contributed by atoms with Crippen LogP contribution in [0.3, 0.4) is 0 Å². The van der Waals surface area contributed by atoms with Gasteiger partial charge in [0.05, 0.1) is 23.3 Å². The number of H-pyrrole nitrogens is 1. The Bertz CT molecular complexity index is 755. The number of carbonyl (C=O) groups is 2. The average molecular weight is 316 g/mol. The van der Waals surface area contributed by atoms with Gasteiger partial charge in [-0.05, 0) is 30.9 Å². The Labute approximate surface area is 133 Å². The molecule has 2 heterocycles. The van der Waals surface area contributed by atoms with Gasteiger partial charge in [0.2, 0.25) is 0 Å².